The Balaban J connectivity index is 1.67. The van der Waals surface area contributed by atoms with Crippen molar-refractivity contribution in [1.29, 1.82) is 0 Å². The molecule has 0 amide bonds. The van der Waals surface area contributed by atoms with E-state index in [4.69, 9.17) is 4.74 Å². The normalized spacial score (nSPS) is 12.2. The van der Waals surface area contributed by atoms with Gasteiger partial charge >= 0.3 is 11.7 Å². The van der Waals surface area contributed by atoms with E-state index in [0.29, 0.717) is 24.0 Å². The number of fused-ring (bicyclic) bond motifs is 1. The van der Waals surface area contributed by atoms with Crippen LogP contribution in [0.4, 0.5) is 0 Å². The molecule has 8 heteroatoms. The van der Waals surface area contributed by atoms with Gasteiger partial charge in [-0.2, -0.15) is 0 Å². The Morgan fingerprint density at radius 1 is 1.18 bits per heavy atom. The van der Waals surface area contributed by atoms with Gasteiger partial charge in [0, 0.05) is 20.6 Å². The van der Waals surface area contributed by atoms with Crippen molar-refractivity contribution < 1.29 is 9.53 Å². The number of aromatic nitrogens is 4. The summed E-state index contributed by atoms with van der Waals surface area (Å²) in [6, 6.07) is 9.49. The molecule has 8 nitrogen and oxygen atoms in total. The SMILES string of the molecule is CC[C@@H](C(=O)OCCCn1c(=O)c2c(ncn2C)n(C)c1=O)c1ccccc1. The van der Waals surface area contributed by atoms with Crippen molar-refractivity contribution in [1.82, 2.24) is 18.7 Å². The Hall–Kier alpha value is -3.16. The number of esters is 1. The molecular weight excluding hydrogens is 360 g/mol. The van der Waals surface area contributed by atoms with E-state index in [9.17, 15) is 14.4 Å². The fourth-order valence-corrected chi connectivity index (χ4v) is 3.31. The smallest absolute Gasteiger partial charge is 0.332 e. The van der Waals surface area contributed by atoms with Crippen molar-refractivity contribution in [2.75, 3.05) is 6.61 Å². The van der Waals surface area contributed by atoms with Gasteiger partial charge in [-0.05, 0) is 18.4 Å². The largest absolute Gasteiger partial charge is 0.465 e. The maximum Gasteiger partial charge on any atom is 0.332 e. The molecule has 1 atom stereocenters. The zero-order valence-electron chi connectivity index (χ0n) is 16.3. The highest BCUT2D eigenvalue weighted by molar-refractivity contribution is 5.78. The van der Waals surface area contributed by atoms with E-state index in [-0.39, 0.29) is 30.6 Å². The minimum absolute atomic E-state index is 0.140. The van der Waals surface area contributed by atoms with Gasteiger partial charge in [0.1, 0.15) is 0 Å². The van der Waals surface area contributed by atoms with Crippen LogP contribution in [-0.2, 0) is 30.2 Å². The van der Waals surface area contributed by atoms with Gasteiger partial charge in [0.2, 0.25) is 0 Å². The Kier molecular flexibility index (Phi) is 5.77. The fraction of sp³-hybridized carbons (Fsp3) is 0.400. The molecule has 28 heavy (non-hydrogen) atoms. The summed E-state index contributed by atoms with van der Waals surface area (Å²) < 4.78 is 9.50. The number of hydrogen-bond acceptors (Lipinski definition) is 5. The van der Waals surface area contributed by atoms with Gasteiger partial charge in [0.05, 0.1) is 18.9 Å². The zero-order valence-corrected chi connectivity index (χ0v) is 16.3. The second-order valence-corrected chi connectivity index (χ2v) is 6.72. The highest BCUT2D eigenvalue weighted by Gasteiger charge is 2.20. The average Bonchev–Trinajstić information content (AvgIpc) is 3.09. The van der Waals surface area contributed by atoms with E-state index in [2.05, 4.69) is 4.98 Å². The van der Waals surface area contributed by atoms with Crippen LogP contribution in [0.5, 0.6) is 0 Å². The van der Waals surface area contributed by atoms with Crippen LogP contribution in [0, 0.1) is 0 Å². The lowest BCUT2D eigenvalue weighted by Gasteiger charge is -2.15. The van der Waals surface area contributed by atoms with Crippen LogP contribution >= 0.6 is 0 Å². The maximum absolute atomic E-state index is 12.6. The Bertz CT molecular complexity index is 1100. The summed E-state index contributed by atoms with van der Waals surface area (Å²) in [4.78, 5) is 41.6. The maximum atomic E-state index is 12.6. The second-order valence-electron chi connectivity index (χ2n) is 6.72. The minimum atomic E-state index is -0.432. The van der Waals surface area contributed by atoms with Gasteiger partial charge in [-0.1, -0.05) is 37.3 Å². The molecule has 3 aromatic rings. The molecule has 1 aromatic carbocycles. The Morgan fingerprint density at radius 2 is 1.89 bits per heavy atom. The number of hydrogen-bond donors (Lipinski definition) is 0. The lowest BCUT2D eigenvalue weighted by atomic mass is 9.97. The van der Waals surface area contributed by atoms with Crippen molar-refractivity contribution in [3.8, 4) is 0 Å². The van der Waals surface area contributed by atoms with Crippen LogP contribution in [0.15, 0.2) is 46.2 Å². The van der Waals surface area contributed by atoms with Crippen LogP contribution in [0.2, 0.25) is 0 Å². The molecule has 3 rings (SSSR count). The first kappa shape index (κ1) is 19.6. The predicted molar refractivity (Wildman–Crippen MR) is 105 cm³/mol. The van der Waals surface area contributed by atoms with Crippen LogP contribution < -0.4 is 11.2 Å². The van der Waals surface area contributed by atoms with Crippen molar-refractivity contribution >= 4 is 17.1 Å². The summed E-state index contributed by atoms with van der Waals surface area (Å²) in [5, 5.41) is 0. The quantitative estimate of drug-likeness (QED) is 0.456. The molecule has 2 heterocycles. The van der Waals surface area contributed by atoms with Crippen LogP contribution in [0.3, 0.4) is 0 Å². The minimum Gasteiger partial charge on any atom is -0.465 e. The van der Waals surface area contributed by atoms with E-state index in [1.165, 1.54) is 10.9 Å². The van der Waals surface area contributed by atoms with Crippen molar-refractivity contribution in [3.05, 3.63) is 63.1 Å². The number of imidazole rings is 1. The van der Waals surface area contributed by atoms with Gasteiger partial charge in [-0.25, -0.2) is 9.78 Å². The predicted octanol–water partition coefficient (Wildman–Crippen LogP) is 1.56. The molecule has 0 spiro atoms. The first-order chi connectivity index (χ1) is 13.5. The third-order valence-electron chi connectivity index (χ3n) is 4.87. The number of rotatable bonds is 7. The van der Waals surface area contributed by atoms with Gasteiger partial charge < -0.3 is 9.30 Å². The van der Waals surface area contributed by atoms with E-state index >= 15 is 0 Å². The molecule has 0 aliphatic carbocycles. The van der Waals surface area contributed by atoms with Gasteiger partial charge in [0.25, 0.3) is 5.56 Å². The number of carbonyl (C=O) groups is 1. The molecule has 0 bridgehead atoms. The van der Waals surface area contributed by atoms with Crippen LogP contribution in [-0.4, -0.2) is 31.3 Å². The molecule has 0 unspecified atom stereocenters. The lowest BCUT2D eigenvalue weighted by molar-refractivity contribution is -0.145. The lowest BCUT2D eigenvalue weighted by Crippen LogP contribution is -2.39. The third-order valence-corrected chi connectivity index (χ3v) is 4.87. The molecule has 0 N–H and O–H groups in total. The van der Waals surface area contributed by atoms with Crippen molar-refractivity contribution in [3.63, 3.8) is 0 Å². The van der Waals surface area contributed by atoms with Crippen molar-refractivity contribution in [2.45, 2.75) is 32.2 Å². The second kappa shape index (κ2) is 8.24. The van der Waals surface area contributed by atoms with Crippen LogP contribution in [0.1, 0.15) is 31.2 Å². The number of benzene rings is 1. The molecule has 0 radical (unpaired) electrons. The monoisotopic (exact) mass is 384 g/mol. The number of carbonyl (C=O) groups excluding carboxylic acids is 1. The van der Waals surface area contributed by atoms with E-state index in [1.54, 1.807) is 18.7 Å². The summed E-state index contributed by atoms with van der Waals surface area (Å²) in [6.07, 6.45) is 2.52. The summed E-state index contributed by atoms with van der Waals surface area (Å²) in [5.41, 5.74) is 0.822. The van der Waals surface area contributed by atoms with Gasteiger partial charge in [-0.3, -0.25) is 18.7 Å². The summed E-state index contributed by atoms with van der Waals surface area (Å²) in [7, 11) is 3.29. The standard InChI is InChI=1S/C20H24N4O4/c1-4-15(14-9-6-5-7-10-14)19(26)28-12-8-11-24-18(25)16-17(21-13-22(16)2)23(3)20(24)27/h5-7,9-10,13,15H,4,8,11-12H2,1-3H3/t15-/m1/s1. The third kappa shape index (κ3) is 3.62. The van der Waals surface area contributed by atoms with Crippen LogP contribution in [0.25, 0.3) is 11.2 Å². The van der Waals surface area contributed by atoms with Gasteiger partial charge in [-0.15, -0.1) is 0 Å². The number of aryl methyl sites for hydroxylation is 2. The highest BCUT2D eigenvalue weighted by atomic mass is 16.5. The van der Waals surface area contributed by atoms with E-state index < -0.39 is 5.69 Å². The fourth-order valence-electron chi connectivity index (χ4n) is 3.31. The van der Waals surface area contributed by atoms with E-state index in [1.807, 2.05) is 37.3 Å². The molecule has 0 aliphatic heterocycles. The first-order valence-electron chi connectivity index (χ1n) is 9.28. The summed E-state index contributed by atoms with van der Waals surface area (Å²) in [6.45, 7) is 2.24. The van der Waals surface area contributed by atoms with Gasteiger partial charge in [0.15, 0.2) is 11.2 Å². The Morgan fingerprint density at radius 3 is 2.57 bits per heavy atom. The molecular formula is C20H24N4O4. The highest BCUT2D eigenvalue weighted by Crippen LogP contribution is 2.20. The number of ether oxygens (including phenoxy) is 1. The summed E-state index contributed by atoms with van der Waals surface area (Å²) >= 11 is 0. The molecule has 0 fully saturated rings. The number of nitrogens with zero attached hydrogens (tertiary/aromatic N) is 4. The zero-order chi connectivity index (χ0) is 20.3. The molecule has 0 aliphatic rings. The molecule has 2 aromatic heterocycles. The molecule has 0 saturated carbocycles. The first-order valence-corrected chi connectivity index (χ1v) is 9.28. The summed E-state index contributed by atoms with van der Waals surface area (Å²) in [5.74, 6) is -0.612. The molecule has 0 saturated heterocycles. The van der Waals surface area contributed by atoms with Crippen molar-refractivity contribution in [2.24, 2.45) is 14.1 Å². The topological polar surface area (TPSA) is 88.1 Å². The Labute approximate surface area is 162 Å². The average molecular weight is 384 g/mol. The van der Waals surface area contributed by atoms with E-state index in [0.717, 1.165) is 10.1 Å². The molecule has 148 valence electrons.